The number of anilines is 2. The molecule has 9 nitrogen and oxygen atoms in total. The molecule has 0 fully saturated rings. The first-order chi connectivity index (χ1) is 15.0. The number of carboxylic acid groups (broad SMARTS) is 1. The lowest BCUT2D eigenvalue weighted by molar-refractivity contribution is -0.139. The van der Waals surface area contributed by atoms with Crippen molar-refractivity contribution in [3.63, 3.8) is 0 Å². The molecule has 0 aliphatic heterocycles. The summed E-state index contributed by atoms with van der Waals surface area (Å²) in [6.07, 6.45) is -4.36. The number of carbonyl (C=O) groups is 1. The number of nitrogens with one attached hydrogen (secondary N) is 1. The maximum absolute atomic E-state index is 12.2. The van der Waals surface area contributed by atoms with E-state index in [9.17, 15) is 18.0 Å². The Bertz CT molecular complexity index is 890. The number of carboxylic acids is 1. The van der Waals surface area contributed by atoms with E-state index in [1.165, 1.54) is 19.2 Å². The fraction of sp³-hybridized carbons (Fsp3) is 0.389. The van der Waals surface area contributed by atoms with Gasteiger partial charge in [0.2, 0.25) is 0 Å². The highest BCUT2D eigenvalue weighted by Gasteiger charge is 2.30. The van der Waals surface area contributed by atoms with Gasteiger partial charge in [-0.25, -0.2) is 14.8 Å². The molecule has 0 atom stereocenters. The second-order valence-electron chi connectivity index (χ2n) is 5.90. The van der Waals surface area contributed by atoms with Gasteiger partial charge in [-0.05, 0) is 24.3 Å². The Morgan fingerprint density at radius 2 is 1.72 bits per heavy atom. The highest BCUT2D eigenvalue weighted by atomic mass is 35.5. The zero-order valence-corrected chi connectivity index (χ0v) is 18.8. The molecule has 0 aliphatic carbocycles. The molecule has 2 aromatic heterocycles. The number of halogens is 5. The van der Waals surface area contributed by atoms with Crippen molar-refractivity contribution < 1.29 is 37.3 Å². The summed E-state index contributed by atoms with van der Waals surface area (Å²) in [6, 6.07) is 6.03. The second-order valence-corrected chi connectivity index (χ2v) is 6.61. The number of ether oxygens (including phenoxy) is 3. The van der Waals surface area contributed by atoms with Crippen molar-refractivity contribution in [2.45, 2.75) is 6.18 Å². The van der Waals surface area contributed by atoms with Crippen LogP contribution in [0.1, 0.15) is 0 Å². The molecule has 178 valence electrons. The molecule has 2 N–H and O–H groups in total. The number of nitrogens with zero attached hydrogens (tertiary/aromatic N) is 3. The molecule has 0 bridgehead atoms. The maximum atomic E-state index is 12.2. The Morgan fingerprint density at radius 1 is 1.12 bits per heavy atom. The predicted octanol–water partition coefficient (Wildman–Crippen LogP) is 3.96. The third-order valence-corrected chi connectivity index (χ3v) is 3.90. The van der Waals surface area contributed by atoms with E-state index in [1.54, 1.807) is 26.3 Å². The second kappa shape index (κ2) is 13.0. The van der Waals surface area contributed by atoms with Crippen LogP contribution in [0.5, 0.6) is 11.5 Å². The van der Waals surface area contributed by atoms with Gasteiger partial charge in [0.25, 0.3) is 0 Å². The maximum Gasteiger partial charge on any atom is 0.405 e. The van der Waals surface area contributed by atoms with Crippen molar-refractivity contribution >= 4 is 40.8 Å². The summed E-state index contributed by atoms with van der Waals surface area (Å²) in [5.41, 5.74) is 0. The topological polar surface area (TPSA) is 106 Å². The molecule has 0 unspecified atom stereocenters. The number of hydrogen-bond acceptors (Lipinski definition) is 8. The molecule has 2 aromatic rings. The lowest BCUT2D eigenvalue weighted by Gasteiger charge is -2.20. The molecule has 0 amide bonds. The smallest absolute Gasteiger partial charge is 0.405 e. The van der Waals surface area contributed by atoms with E-state index in [0.29, 0.717) is 16.7 Å². The normalized spacial score (nSPS) is 10.6. The van der Waals surface area contributed by atoms with Crippen LogP contribution in [0.3, 0.4) is 0 Å². The Morgan fingerprint density at radius 3 is 2.22 bits per heavy atom. The number of methoxy groups -OCH3 is 1. The summed E-state index contributed by atoms with van der Waals surface area (Å²) in [6.45, 7) is -1.62. The van der Waals surface area contributed by atoms with E-state index < -0.39 is 25.3 Å². The Kier molecular flexibility index (Phi) is 11.1. The minimum Gasteiger partial charge on any atom is -0.479 e. The number of aromatic nitrogens is 2. The van der Waals surface area contributed by atoms with Gasteiger partial charge < -0.3 is 29.5 Å². The Balaban J connectivity index is 0.000000343. The molecule has 2 heterocycles. The van der Waals surface area contributed by atoms with Gasteiger partial charge in [-0.1, -0.05) is 23.2 Å². The third-order valence-electron chi connectivity index (χ3n) is 3.36. The predicted molar refractivity (Wildman–Crippen MR) is 113 cm³/mol. The van der Waals surface area contributed by atoms with Crippen molar-refractivity contribution in [1.82, 2.24) is 9.97 Å². The van der Waals surface area contributed by atoms with Gasteiger partial charge >= 0.3 is 12.1 Å². The highest BCUT2D eigenvalue weighted by Crippen LogP contribution is 2.27. The fourth-order valence-electron chi connectivity index (χ4n) is 2.01. The van der Waals surface area contributed by atoms with Crippen LogP contribution in [0, 0.1) is 0 Å². The van der Waals surface area contributed by atoms with Crippen LogP contribution < -0.4 is 19.7 Å². The zero-order valence-electron chi connectivity index (χ0n) is 17.2. The van der Waals surface area contributed by atoms with Crippen molar-refractivity contribution in [2.75, 3.05) is 51.4 Å². The molecule has 0 saturated carbocycles. The summed E-state index contributed by atoms with van der Waals surface area (Å²) in [7, 11) is 4.53. The lowest BCUT2D eigenvalue weighted by atomic mass is 10.4. The van der Waals surface area contributed by atoms with Gasteiger partial charge in [0, 0.05) is 21.2 Å². The van der Waals surface area contributed by atoms with Crippen LogP contribution in [-0.2, 0) is 9.53 Å². The summed E-state index contributed by atoms with van der Waals surface area (Å²) >= 11 is 11.5. The summed E-state index contributed by atoms with van der Waals surface area (Å²) in [5.74, 6) is 0.0184. The zero-order chi connectivity index (χ0) is 24.3. The molecule has 0 saturated heterocycles. The first-order valence-electron chi connectivity index (χ1n) is 8.72. The number of pyridine rings is 2. The summed E-state index contributed by atoms with van der Waals surface area (Å²) in [4.78, 5) is 18.9. The van der Waals surface area contributed by atoms with E-state index in [1.807, 2.05) is 0 Å². The molecule has 0 aromatic carbocycles. The van der Waals surface area contributed by atoms with E-state index in [-0.39, 0.29) is 23.5 Å². The summed E-state index contributed by atoms with van der Waals surface area (Å²) in [5, 5.41) is 11.4. The molecular weight excluding hydrogens is 480 g/mol. The Hall–Kier alpha value is -2.70. The molecular formula is C18H21Cl2F3N4O5. The largest absolute Gasteiger partial charge is 0.479 e. The third kappa shape index (κ3) is 10.1. The van der Waals surface area contributed by atoms with Crippen molar-refractivity contribution in [3.05, 3.63) is 34.6 Å². The van der Waals surface area contributed by atoms with Gasteiger partial charge in [-0.3, -0.25) is 0 Å². The minimum absolute atomic E-state index is 0.00463. The number of aliphatic carboxylic acids is 1. The van der Waals surface area contributed by atoms with E-state index in [2.05, 4.69) is 15.3 Å². The van der Waals surface area contributed by atoms with Crippen LogP contribution in [0.2, 0.25) is 10.3 Å². The van der Waals surface area contributed by atoms with Gasteiger partial charge in [-0.2, -0.15) is 13.2 Å². The fourth-order valence-corrected chi connectivity index (χ4v) is 2.43. The molecule has 0 radical (unpaired) electrons. The van der Waals surface area contributed by atoms with Crippen LogP contribution in [-0.4, -0.2) is 68.4 Å². The van der Waals surface area contributed by atoms with Gasteiger partial charge in [0.1, 0.15) is 18.2 Å². The average molecular weight is 501 g/mol. The monoisotopic (exact) mass is 500 g/mol. The van der Waals surface area contributed by atoms with Gasteiger partial charge in [0.15, 0.2) is 35.2 Å². The van der Waals surface area contributed by atoms with Crippen LogP contribution in [0.15, 0.2) is 24.3 Å². The Labute approximate surface area is 192 Å². The van der Waals surface area contributed by atoms with Crippen molar-refractivity contribution in [2.24, 2.45) is 0 Å². The molecule has 0 spiro atoms. The van der Waals surface area contributed by atoms with Crippen LogP contribution in [0.4, 0.5) is 24.8 Å². The first-order valence-corrected chi connectivity index (χ1v) is 9.47. The molecule has 2 rings (SSSR count). The van der Waals surface area contributed by atoms with E-state index in [0.717, 1.165) is 4.90 Å². The minimum atomic E-state index is -4.36. The number of hydrogen-bond donors (Lipinski definition) is 2. The number of alkyl halides is 3. The van der Waals surface area contributed by atoms with Crippen molar-refractivity contribution in [3.8, 4) is 11.5 Å². The van der Waals surface area contributed by atoms with E-state index >= 15 is 0 Å². The first kappa shape index (κ1) is 27.3. The SMILES string of the molecule is CN(CC(F)(F)F)c1ccc(OCC(=O)O)c(Cl)n1.CNc1ccc(OCOC)c(Cl)n1. The van der Waals surface area contributed by atoms with Gasteiger partial charge in [0.05, 0.1) is 0 Å². The van der Waals surface area contributed by atoms with E-state index in [4.69, 9.17) is 42.5 Å². The molecule has 0 aliphatic rings. The lowest BCUT2D eigenvalue weighted by Crippen LogP contribution is -2.31. The highest BCUT2D eigenvalue weighted by molar-refractivity contribution is 6.31. The quantitative estimate of drug-likeness (QED) is 0.390. The molecule has 32 heavy (non-hydrogen) atoms. The van der Waals surface area contributed by atoms with Crippen LogP contribution >= 0.6 is 23.2 Å². The van der Waals surface area contributed by atoms with Crippen LogP contribution in [0.25, 0.3) is 0 Å². The summed E-state index contributed by atoms with van der Waals surface area (Å²) < 4.78 is 51.2. The molecule has 14 heteroatoms. The van der Waals surface area contributed by atoms with Gasteiger partial charge in [-0.15, -0.1) is 0 Å². The average Bonchev–Trinajstić information content (AvgIpc) is 2.71. The van der Waals surface area contributed by atoms with Crippen molar-refractivity contribution in [1.29, 1.82) is 0 Å². The standard InChI is InChI=1S/C10H10ClF3N2O3.C8H11ClN2O2/c1-16(5-10(12,13)14)7-3-2-6(9(11)15-7)19-4-8(17)18;1-10-7-4-3-6(8(9)11-7)13-5-12-2/h2-3H,4-5H2,1H3,(H,17,18);3-4H,5H2,1-2H3,(H,10,11). The number of rotatable bonds is 9.